The van der Waals surface area contributed by atoms with Crippen molar-refractivity contribution in [1.29, 1.82) is 0 Å². The molecule has 6 nitrogen and oxygen atoms in total. The molecule has 1 aliphatic carbocycles. The Balaban J connectivity index is 1.95. The lowest BCUT2D eigenvalue weighted by Crippen LogP contribution is -2.58. The second-order valence-corrected chi connectivity index (χ2v) is 5.49. The molecule has 20 heavy (non-hydrogen) atoms. The molecular weight excluding hydrogens is 256 g/mol. The number of carbonyl (C=O) groups excluding carboxylic acids is 2. The Morgan fingerprint density at radius 1 is 1.10 bits per heavy atom. The zero-order valence-corrected chi connectivity index (χ0v) is 11.3. The summed E-state index contributed by atoms with van der Waals surface area (Å²) in [5.41, 5.74) is -0.0549. The van der Waals surface area contributed by atoms with Crippen LogP contribution in [0, 0.1) is 0 Å². The predicted molar refractivity (Wildman–Crippen MR) is 73.0 cm³/mol. The van der Waals surface area contributed by atoms with Crippen molar-refractivity contribution in [3.63, 3.8) is 0 Å². The molecule has 2 aliphatic rings. The van der Waals surface area contributed by atoms with Crippen molar-refractivity contribution < 1.29 is 9.59 Å². The zero-order chi connectivity index (χ0) is 14.0. The molecule has 1 saturated carbocycles. The molecule has 2 heterocycles. The lowest BCUT2D eigenvalue weighted by atomic mass is 9.80. The van der Waals surface area contributed by atoms with Crippen LogP contribution in [-0.2, 0) is 9.59 Å². The topological polar surface area (TPSA) is 75.2 Å². The van der Waals surface area contributed by atoms with Crippen LogP contribution < -0.4 is 10.2 Å². The van der Waals surface area contributed by atoms with E-state index in [1.807, 2.05) is 0 Å². The second-order valence-electron chi connectivity index (χ2n) is 5.49. The van der Waals surface area contributed by atoms with Crippen LogP contribution in [0.25, 0.3) is 0 Å². The summed E-state index contributed by atoms with van der Waals surface area (Å²) >= 11 is 0. The minimum Gasteiger partial charge on any atom is -0.342 e. The van der Waals surface area contributed by atoms with Crippen LogP contribution in [0.1, 0.15) is 38.5 Å². The van der Waals surface area contributed by atoms with Gasteiger partial charge in [-0.25, -0.2) is 9.97 Å². The largest absolute Gasteiger partial charge is 0.342 e. The average Bonchev–Trinajstić information content (AvgIpc) is 2.59. The highest BCUT2D eigenvalue weighted by atomic mass is 16.2. The third-order valence-corrected chi connectivity index (χ3v) is 4.16. The van der Waals surface area contributed by atoms with Crippen molar-refractivity contribution in [3.05, 3.63) is 18.7 Å². The molecule has 1 aromatic heterocycles. The third-order valence-electron chi connectivity index (χ3n) is 4.16. The molecule has 0 aromatic carbocycles. The van der Waals surface area contributed by atoms with Gasteiger partial charge >= 0.3 is 0 Å². The Morgan fingerprint density at radius 3 is 2.50 bits per heavy atom. The number of amides is 2. The van der Waals surface area contributed by atoms with Gasteiger partial charge in [0.1, 0.15) is 11.9 Å². The van der Waals surface area contributed by atoms with Gasteiger partial charge in [-0.15, -0.1) is 0 Å². The monoisotopic (exact) mass is 274 g/mol. The molecule has 2 amide bonds. The van der Waals surface area contributed by atoms with Gasteiger partial charge in [0.05, 0.1) is 18.1 Å². The first kappa shape index (κ1) is 13.0. The quantitative estimate of drug-likeness (QED) is 0.830. The van der Waals surface area contributed by atoms with Gasteiger partial charge in [0.25, 0.3) is 5.91 Å². The van der Waals surface area contributed by atoms with Crippen LogP contribution in [0.2, 0.25) is 0 Å². The molecule has 1 aromatic rings. The zero-order valence-electron chi connectivity index (χ0n) is 11.3. The van der Waals surface area contributed by atoms with Crippen molar-refractivity contribution >= 4 is 17.5 Å². The molecule has 1 saturated heterocycles. The summed E-state index contributed by atoms with van der Waals surface area (Å²) in [7, 11) is 0. The molecule has 0 atom stereocenters. The predicted octanol–water partition coefficient (Wildman–Crippen LogP) is 1.03. The Morgan fingerprint density at radius 2 is 1.80 bits per heavy atom. The van der Waals surface area contributed by atoms with Crippen LogP contribution in [-0.4, -0.2) is 33.9 Å². The number of anilines is 1. The number of nitrogens with one attached hydrogen (secondary N) is 1. The van der Waals surface area contributed by atoms with E-state index in [0.717, 1.165) is 32.1 Å². The van der Waals surface area contributed by atoms with E-state index in [1.165, 1.54) is 6.33 Å². The fraction of sp³-hybridized carbons (Fsp3) is 0.571. The first-order valence-corrected chi connectivity index (χ1v) is 7.09. The Kier molecular flexibility index (Phi) is 3.38. The number of carbonyl (C=O) groups is 2. The summed E-state index contributed by atoms with van der Waals surface area (Å²) in [6, 6.07) is 0. The van der Waals surface area contributed by atoms with E-state index in [1.54, 1.807) is 17.3 Å². The van der Waals surface area contributed by atoms with Gasteiger partial charge in [0, 0.05) is 13.0 Å². The van der Waals surface area contributed by atoms with E-state index in [2.05, 4.69) is 15.3 Å². The smallest absolute Gasteiger partial charge is 0.252 e. The maximum absolute atomic E-state index is 12.9. The second kappa shape index (κ2) is 5.19. The lowest BCUT2D eigenvalue weighted by Gasteiger charge is -2.37. The standard InChI is InChI=1S/C14H18N4O2/c19-12-4-7-18(11-8-15-10-16-9-11)13(20)14(17-12)5-2-1-3-6-14/h8-10H,1-7H2,(H,17,19). The molecule has 6 heteroatoms. The van der Waals surface area contributed by atoms with Crippen molar-refractivity contribution in [2.24, 2.45) is 0 Å². The summed E-state index contributed by atoms with van der Waals surface area (Å²) in [6.07, 6.45) is 9.53. The van der Waals surface area contributed by atoms with Crippen molar-refractivity contribution in [1.82, 2.24) is 15.3 Å². The molecule has 1 spiro atoms. The normalized spacial score (nSPS) is 22.5. The van der Waals surface area contributed by atoms with Gasteiger partial charge in [-0.2, -0.15) is 0 Å². The highest BCUT2D eigenvalue weighted by Gasteiger charge is 2.45. The van der Waals surface area contributed by atoms with E-state index in [9.17, 15) is 9.59 Å². The van der Waals surface area contributed by atoms with E-state index in [4.69, 9.17) is 0 Å². The molecule has 0 radical (unpaired) electrons. The van der Waals surface area contributed by atoms with E-state index in [-0.39, 0.29) is 11.8 Å². The molecular formula is C14H18N4O2. The molecule has 1 aliphatic heterocycles. The first-order chi connectivity index (χ1) is 9.71. The fourth-order valence-corrected chi connectivity index (χ4v) is 3.13. The van der Waals surface area contributed by atoms with Crippen LogP contribution in [0.4, 0.5) is 5.69 Å². The molecule has 0 unspecified atom stereocenters. The number of aromatic nitrogens is 2. The molecule has 106 valence electrons. The SMILES string of the molecule is O=C1CCN(c2cncnc2)C(=O)C2(CCCCC2)N1. The Labute approximate surface area is 117 Å². The fourth-order valence-electron chi connectivity index (χ4n) is 3.13. The van der Waals surface area contributed by atoms with E-state index < -0.39 is 5.54 Å². The third kappa shape index (κ3) is 2.26. The number of hydrogen-bond acceptors (Lipinski definition) is 4. The summed E-state index contributed by atoms with van der Waals surface area (Å²) in [5, 5.41) is 2.97. The highest BCUT2D eigenvalue weighted by molar-refractivity contribution is 6.04. The molecule has 0 bridgehead atoms. The van der Waals surface area contributed by atoms with Gasteiger partial charge in [-0.05, 0) is 12.8 Å². The maximum atomic E-state index is 12.9. The van der Waals surface area contributed by atoms with Crippen LogP contribution >= 0.6 is 0 Å². The van der Waals surface area contributed by atoms with Gasteiger partial charge in [0.15, 0.2) is 0 Å². The van der Waals surface area contributed by atoms with Gasteiger partial charge in [-0.1, -0.05) is 19.3 Å². The van der Waals surface area contributed by atoms with Crippen molar-refractivity contribution in [3.8, 4) is 0 Å². The minimum atomic E-state index is -0.721. The lowest BCUT2D eigenvalue weighted by molar-refractivity contribution is -0.131. The number of nitrogens with zero attached hydrogens (tertiary/aromatic N) is 3. The Bertz CT molecular complexity index is 511. The molecule has 3 rings (SSSR count). The molecule has 2 fully saturated rings. The first-order valence-electron chi connectivity index (χ1n) is 7.09. The minimum absolute atomic E-state index is 0.0159. The summed E-state index contributed by atoms with van der Waals surface area (Å²) < 4.78 is 0. The van der Waals surface area contributed by atoms with Gasteiger partial charge in [0.2, 0.25) is 5.91 Å². The van der Waals surface area contributed by atoms with Crippen LogP contribution in [0.5, 0.6) is 0 Å². The van der Waals surface area contributed by atoms with Crippen LogP contribution in [0.3, 0.4) is 0 Å². The van der Waals surface area contributed by atoms with Crippen LogP contribution in [0.15, 0.2) is 18.7 Å². The molecule has 1 N–H and O–H groups in total. The van der Waals surface area contributed by atoms with E-state index >= 15 is 0 Å². The number of rotatable bonds is 1. The highest BCUT2D eigenvalue weighted by Crippen LogP contribution is 2.32. The van der Waals surface area contributed by atoms with Crippen molar-refractivity contribution in [2.75, 3.05) is 11.4 Å². The van der Waals surface area contributed by atoms with E-state index in [0.29, 0.717) is 18.7 Å². The summed E-state index contributed by atoms with van der Waals surface area (Å²) in [6.45, 7) is 0.389. The van der Waals surface area contributed by atoms with Gasteiger partial charge in [-0.3, -0.25) is 9.59 Å². The maximum Gasteiger partial charge on any atom is 0.252 e. The Hall–Kier alpha value is -1.98. The summed E-state index contributed by atoms with van der Waals surface area (Å²) in [5.74, 6) is -0.0579. The average molecular weight is 274 g/mol. The number of hydrogen-bond donors (Lipinski definition) is 1. The van der Waals surface area contributed by atoms with Gasteiger partial charge < -0.3 is 10.2 Å². The van der Waals surface area contributed by atoms with Crippen molar-refractivity contribution in [2.45, 2.75) is 44.1 Å². The summed E-state index contributed by atoms with van der Waals surface area (Å²) in [4.78, 5) is 34.5.